The molecule has 2 heterocycles. The number of carbonyl (C=O) groups is 5. The van der Waals surface area contributed by atoms with E-state index in [0.29, 0.717) is 48.2 Å². The Balaban J connectivity index is 1.18. The number of ketones is 1. The van der Waals surface area contributed by atoms with E-state index in [1.54, 1.807) is 48.5 Å². The van der Waals surface area contributed by atoms with Gasteiger partial charge in [0.1, 0.15) is 0 Å². The normalized spacial score (nSPS) is 27.0. The number of carbonyl (C=O) groups excluding carboxylic acids is 5. The summed E-state index contributed by atoms with van der Waals surface area (Å²) in [5, 5.41) is 0. The van der Waals surface area contributed by atoms with Gasteiger partial charge in [-0.15, -0.1) is 0 Å². The van der Waals surface area contributed by atoms with Gasteiger partial charge in [-0.25, -0.2) is 0 Å². The van der Waals surface area contributed by atoms with Gasteiger partial charge in [0, 0.05) is 11.1 Å². The molecule has 2 aromatic rings. The first-order valence-electron chi connectivity index (χ1n) is 12.3. The summed E-state index contributed by atoms with van der Waals surface area (Å²) in [7, 11) is 0. The number of anilines is 2. The van der Waals surface area contributed by atoms with Crippen LogP contribution in [0.4, 0.5) is 11.4 Å². The molecule has 7 heteroatoms. The third-order valence-corrected chi connectivity index (χ3v) is 7.79. The number of imide groups is 2. The van der Waals surface area contributed by atoms with E-state index in [-0.39, 0.29) is 53.1 Å². The summed E-state index contributed by atoms with van der Waals surface area (Å²) in [5.74, 6) is -2.22. The quantitative estimate of drug-likeness (QED) is 0.377. The Morgan fingerprint density at radius 2 is 0.778 bits per heavy atom. The van der Waals surface area contributed by atoms with Crippen molar-refractivity contribution in [1.82, 2.24) is 0 Å². The van der Waals surface area contributed by atoms with Gasteiger partial charge in [-0.2, -0.15) is 0 Å². The molecular formula is C29H24N2O5. The van der Waals surface area contributed by atoms with Gasteiger partial charge in [-0.1, -0.05) is 24.3 Å². The van der Waals surface area contributed by atoms with Crippen molar-refractivity contribution in [3.63, 3.8) is 0 Å². The second-order valence-corrected chi connectivity index (χ2v) is 9.76. The number of benzene rings is 2. The lowest BCUT2D eigenvalue weighted by Crippen LogP contribution is -2.31. The van der Waals surface area contributed by atoms with Crippen molar-refractivity contribution in [2.24, 2.45) is 23.7 Å². The largest absolute Gasteiger partial charge is 0.289 e. The van der Waals surface area contributed by atoms with Gasteiger partial charge >= 0.3 is 0 Å². The minimum atomic E-state index is -0.308. The zero-order valence-corrected chi connectivity index (χ0v) is 19.5. The first-order chi connectivity index (χ1) is 17.5. The van der Waals surface area contributed by atoms with Gasteiger partial charge < -0.3 is 0 Å². The maximum absolute atomic E-state index is 13.1. The third kappa shape index (κ3) is 3.38. The van der Waals surface area contributed by atoms with Crippen molar-refractivity contribution in [1.29, 1.82) is 0 Å². The van der Waals surface area contributed by atoms with Crippen LogP contribution in [0.3, 0.4) is 0 Å². The Kier molecular flexibility index (Phi) is 5.29. The van der Waals surface area contributed by atoms with E-state index in [4.69, 9.17) is 0 Å². The molecule has 4 aliphatic rings. The highest BCUT2D eigenvalue weighted by atomic mass is 16.2. The van der Waals surface area contributed by atoms with E-state index in [0.717, 1.165) is 0 Å². The maximum atomic E-state index is 13.1. The van der Waals surface area contributed by atoms with Crippen molar-refractivity contribution >= 4 is 40.8 Å². The number of fused-ring (bicyclic) bond motifs is 2. The molecule has 2 saturated heterocycles. The summed E-state index contributed by atoms with van der Waals surface area (Å²) in [6.07, 6.45) is 10.1. The van der Waals surface area contributed by atoms with E-state index in [9.17, 15) is 24.0 Å². The monoisotopic (exact) mass is 480 g/mol. The molecule has 36 heavy (non-hydrogen) atoms. The van der Waals surface area contributed by atoms with Gasteiger partial charge in [-0.05, 0) is 74.2 Å². The lowest BCUT2D eigenvalue weighted by atomic mass is 9.85. The zero-order chi connectivity index (χ0) is 25.0. The van der Waals surface area contributed by atoms with Crippen LogP contribution < -0.4 is 9.80 Å². The highest BCUT2D eigenvalue weighted by Crippen LogP contribution is 2.39. The van der Waals surface area contributed by atoms with Crippen LogP contribution >= 0.6 is 0 Å². The molecular weight excluding hydrogens is 456 g/mol. The van der Waals surface area contributed by atoms with Crippen LogP contribution in [0.25, 0.3) is 0 Å². The molecule has 180 valence electrons. The summed E-state index contributed by atoms with van der Waals surface area (Å²) in [4.78, 5) is 66.8. The Morgan fingerprint density at radius 3 is 1.06 bits per heavy atom. The summed E-state index contributed by atoms with van der Waals surface area (Å²) in [6.45, 7) is 0. The molecule has 0 unspecified atom stereocenters. The van der Waals surface area contributed by atoms with Crippen LogP contribution in [0, 0.1) is 23.7 Å². The Labute approximate surface area is 208 Å². The smallest absolute Gasteiger partial charge is 0.238 e. The molecule has 0 radical (unpaired) electrons. The highest BCUT2D eigenvalue weighted by molar-refractivity contribution is 6.23. The van der Waals surface area contributed by atoms with Crippen molar-refractivity contribution in [3.05, 3.63) is 84.0 Å². The average Bonchev–Trinajstić information content (AvgIpc) is 3.33. The van der Waals surface area contributed by atoms with Crippen LogP contribution in [0.15, 0.2) is 72.8 Å². The summed E-state index contributed by atoms with van der Waals surface area (Å²) in [5.41, 5.74) is 1.76. The van der Waals surface area contributed by atoms with Gasteiger partial charge in [-0.3, -0.25) is 33.8 Å². The Morgan fingerprint density at radius 1 is 0.500 bits per heavy atom. The second kappa shape index (κ2) is 8.52. The predicted molar refractivity (Wildman–Crippen MR) is 132 cm³/mol. The molecule has 2 fully saturated rings. The third-order valence-electron chi connectivity index (χ3n) is 7.79. The van der Waals surface area contributed by atoms with Gasteiger partial charge in [0.15, 0.2) is 5.78 Å². The molecule has 0 N–H and O–H groups in total. The fourth-order valence-corrected chi connectivity index (χ4v) is 5.80. The van der Waals surface area contributed by atoms with Gasteiger partial charge in [0.25, 0.3) is 0 Å². The minimum absolute atomic E-state index is 0.189. The summed E-state index contributed by atoms with van der Waals surface area (Å²) >= 11 is 0. The zero-order valence-electron chi connectivity index (χ0n) is 19.5. The highest BCUT2D eigenvalue weighted by Gasteiger charge is 2.48. The number of amides is 4. The molecule has 0 bridgehead atoms. The van der Waals surface area contributed by atoms with E-state index >= 15 is 0 Å². The van der Waals surface area contributed by atoms with Crippen molar-refractivity contribution in [2.75, 3.05) is 9.80 Å². The van der Waals surface area contributed by atoms with Crippen LogP contribution in [-0.4, -0.2) is 29.4 Å². The predicted octanol–water partition coefficient (Wildman–Crippen LogP) is 3.83. The van der Waals surface area contributed by atoms with Crippen molar-refractivity contribution in [2.45, 2.75) is 25.7 Å². The molecule has 2 aliphatic carbocycles. The fourth-order valence-electron chi connectivity index (χ4n) is 5.80. The number of hydrogen-bond acceptors (Lipinski definition) is 5. The van der Waals surface area contributed by atoms with Crippen molar-refractivity contribution in [3.8, 4) is 0 Å². The second-order valence-electron chi connectivity index (χ2n) is 9.76. The van der Waals surface area contributed by atoms with E-state index in [2.05, 4.69) is 0 Å². The van der Waals surface area contributed by atoms with Crippen molar-refractivity contribution < 1.29 is 24.0 Å². The van der Waals surface area contributed by atoms with Crippen LogP contribution in [-0.2, 0) is 19.2 Å². The number of rotatable bonds is 4. The topological polar surface area (TPSA) is 91.8 Å². The van der Waals surface area contributed by atoms with E-state index in [1.165, 1.54) is 9.80 Å². The lowest BCUT2D eigenvalue weighted by Gasteiger charge is -2.16. The average molecular weight is 481 g/mol. The van der Waals surface area contributed by atoms with E-state index < -0.39 is 0 Å². The minimum Gasteiger partial charge on any atom is -0.289 e. The standard InChI is InChI=1S/C29H24N2O5/c32-25(17-9-13-19(14-10-17)30-26(33)21-5-1-2-6-22(21)27(30)34)18-11-15-20(16-12-18)31-28(35)23-7-3-4-8-24(23)29(31)36/h1-4,9-16,21-24H,5-8H2/t21-,22-,23-,24+/m1/s1. The van der Waals surface area contributed by atoms with Crippen LogP contribution in [0.1, 0.15) is 41.6 Å². The molecule has 6 rings (SSSR count). The van der Waals surface area contributed by atoms with Gasteiger partial charge in [0.05, 0.1) is 35.0 Å². The SMILES string of the molecule is O=C(c1ccc(N2C(=O)[C@H]3CC=CC[C@H]3C2=O)cc1)c1ccc(N2C(=O)[C@@H]3CC=CC[C@H]3C2=O)cc1. The van der Waals surface area contributed by atoms with Gasteiger partial charge in [0.2, 0.25) is 23.6 Å². The van der Waals surface area contributed by atoms with Crippen LogP contribution in [0.5, 0.6) is 0 Å². The van der Waals surface area contributed by atoms with Crippen LogP contribution in [0.2, 0.25) is 0 Å². The lowest BCUT2D eigenvalue weighted by molar-refractivity contribution is -0.124. The molecule has 4 amide bonds. The number of nitrogens with zero attached hydrogens (tertiary/aromatic N) is 2. The number of hydrogen-bond donors (Lipinski definition) is 0. The Bertz CT molecular complexity index is 1200. The molecule has 0 saturated carbocycles. The molecule has 0 spiro atoms. The number of allylic oxidation sites excluding steroid dienone is 4. The Hall–Kier alpha value is -4.13. The molecule has 0 aromatic heterocycles. The molecule has 4 atom stereocenters. The summed E-state index contributed by atoms with van der Waals surface area (Å²) < 4.78 is 0. The fraction of sp³-hybridized carbons (Fsp3) is 0.276. The molecule has 2 aromatic carbocycles. The first kappa shape index (κ1) is 22.3. The molecule has 2 aliphatic heterocycles. The molecule has 7 nitrogen and oxygen atoms in total. The summed E-state index contributed by atoms with van der Waals surface area (Å²) in [6, 6.07) is 12.9. The van der Waals surface area contributed by atoms with E-state index in [1.807, 2.05) is 24.3 Å². The first-order valence-corrected chi connectivity index (χ1v) is 12.3. The maximum Gasteiger partial charge on any atom is 0.238 e.